The van der Waals surface area contributed by atoms with Gasteiger partial charge in [0.05, 0.1) is 0 Å². The fourth-order valence-electron chi connectivity index (χ4n) is 7.36. The summed E-state index contributed by atoms with van der Waals surface area (Å²) in [6.45, 7) is 5.13. The highest BCUT2D eigenvalue weighted by Gasteiger charge is 2.67. The van der Waals surface area contributed by atoms with Crippen LogP contribution in [0.25, 0.3) is 0 Å². The Bertz CT molecular complexity index is 344. The van der Waals surface area contributed by atoms with Crippen molar-refractivity contribution in [2.24, 2.45) is 28.1 Å². The van der Waals surface area contributed by atoms with E-state index in [4.69, 9.17) is 0 Å². The molecule has 0 heteroatoms. The van der Waals surface area contributed by atoms with Crippen LogP contribution in [0.2, 0.25) is 0 Å². The van der Waals surface area contributed by atoms with Gasteiger partial charge in [0, 0.05) is 0 Å². The molecule has 3 bridgehead atoms. The molecule has 0 amide bonds. The molecule has 5 unspecified atom stereocenters. The molecule has 5 atom stereocenters. The van der Waals surface area contributed by atoms with Crippen LogP contribution in [-0.2, 0) is 0 Å². The first-order chi connectivity index (χ1) is 8.12. The van der Waals surface area contributed by atoms with Crippen LogP contribution in [0, 0.1) is 28.1 Å². The maximum atomic E-state index is 2.62. The Labute approximate surface area is 107 Å². The van der Waals surface area contributed by atoms with Crippen molar-refractivity contribution in [2.75, 3.05) is 0 Å². The van der Waals surface area contributed by atoms with E-state index in [1.807, 2.05) is 0 Å². The molecule has 1 spiro atoms. The molecule has 4 saturated carbocycles. The summed E-state index contributed by atoms with van der Waals surface area (Å²) in [6.07, 6.45) is 15.7. The molecule has 0 N–H and O–H groups in total. The second kappa shape index (κ2) is 3.11. The molecule has 0 aromatic heterocycles. The summed E-state index contributed by atoms with van der Waals surface area (Å²) in [5.74, 6) is 2.23. The lowest BCUT2D eigenvalue weighted by atomic mass is 9.43. The van der Waals surface area contributed by atoms with E-state index in [1.165, 1.54) is 6.42 Å². The highest BCUT2D eigenvalue weighted by Crippen LogP contribution is 2.76. The molecular formula is C17H28. The van der Waals surface area contributed by atoms with E-state index in [-0.39, 0.29) is 0 Å². The number of rotatable bonds is 1. The third-order valence-corrected chi connectivity index (χ3v) is 7.67. The lowest BCUT2D eigenvalue weighted by molar-refractivity contribution is -0.118. The fraction of sp³-hybridized carbons (Fsp3) is 1.00. The van der Waals surface area contributed by atoms with Crippen molar-refractivity contribution in [3.8, 4) is 0 Å². The van der Waals surface area contributed by atoms with Crippen LogP contribution in [0.5, 0.6) is 0 Å². The van der Waals surface area contributed by atoms with E-state index in [9.17, 15) is 0 Å². The molecule has 0 aliphatic heterocycles. The van der Waals surface area contributed by atoms with Gasteiger partial charge < -0.3 is 0 Å². The minimum absolute atomic E-state index is 0.744. The van der Waals surface area contributed by atoms with Crippen LogP contribution >= 0.6 is 0 Å². The molecule has 17 heavy (non-hydrogen) atoms. The van der Waals surface area contributed by atoms with Gasteiger partial charge in [-0.1, -0.05) is 20.3 Å². The van der Waals surface area contributed by atoms with E-state index in [0.29, 0.717) is 0 Å². The highest BCUT2D eigenvalue weighted by atomic mass is 14.7. The summed E-state index contributed by atoms with van der Waals surface area (Å²) >= 11 is 0. The van der Waals surface area contributed by atoms with Gasteiger partial charge in [-0.2, -0.15) is 0 Å². The van der Waals surface area contributed by atoms with Crippen molar-refractivity contribution >= 4 is 0 Å². The van der Waals surface area contributed by atoms with Crippen molar-refractivity contribution < 1.29 is 0 Å². The molecule has 4 fully saturated rings. The Kier molecular flexibility index (Phi) is 1.99. The van der Waals surface area contributed by atoms with E-state index >= 15 is 0 Å². The van der Waals surface area contributed by atoms with Crippen LogP contribution < -0.4 is 0 Å². The molecule has 0 radical (unpaired) electrons. The van der Waals surface area contributed by atoms with Gasteiger partial charge in [0.1, 0.15) is 0 Å². The van der Waals surface area contributed by atoms with E-state index in [1.54, 1.807) is 57.8 Å². The zero-order valence-electron chi connectivity index (χ0n) is 11.7. The molecular weight excluding hydrogens is 204 g/mol. The van der Waals surface area contributed by atoms with Gasteiger partial charge in [-0.15, -0.1) is 0 Å². The van der Waals surface area contributed by atoms with Gasteiger partial charge in [0.25, 0.3) is 0 Å². The van der Waals surface area contributed by atoms with E-state index in [2.05, 4.69) is 13.8 Å². The Hall–Kier alpha value is 0. The third kappa shape index (κ3) is 1.16. The van der Waals surface area contributed by atoms with Gasteiger partial charge in [-0.25, -0.2) is 0 Å². The van der Waals surface area contributed by atoms with Crippen molar-refractivity contribution in [1.29, 1.82) is 0 Å². The second-order valence-corrected chi connectivity index (χ2v) is 8.38. The molecule has 4 aliphatic carbocycles. The molecule has 0 nitrogen and oxygen atoms in total. The average Bonchev–Trinajstić information content (AvgIpc) is 2.53. The normalized spacial score (nSPS) is 60.4. The topological polar surface area (TPSA) is 0 Å². The maximum absolute atomic E-state index is 2.62. The molecule has 0 saturated heterocycles. The minimum atomic E-state index is 0.744. The zero-order valence-corrected chi connectivity index (χ0v) is 11.7. The summed E-state index contributed by atoms with van der Waals surface area (Å²) in [5, 5.41) is 0. The van der Waals surface area contributed by atoms with Crippen LogP contribution in [-0.4, -0.2) is 0 Å². The van der Waals surface area contributed by atoms with Crippen molar-refractivity contribution in [2.45, 2.75) is 78.1 Å². The van der Waals surface area contributed by atoms with Crippen LogP contribution in [0.3, 0.4) is 0 Å². The quantitative estimate of drug-likeness (QED) is 0.585. The number of hydrogen-bond donors (Lipinski definition) is 0. The summed E-state index contributed by atoms with van der Waals surface area (Å²) in [4.78, 5) is 0. The largest absolute Gasteiger partial charge is 0.0648 e. The lowest BCUT2D eigenvalue weighted by Crippen LogP contribution is -2.52. The Morgan fingerprint density at radius 1 is 1.06 bits per heavy atom. The molecule has 4 rings (SSSR count). The second-order valence-electron chi connectivity index (χ2n) is 8.38. The van der Waals surface area contributed by atoms with Crippen molar-refractivity contribution in [3.05, 3.63) is 0 Å². The van der Waals surface area contributed by atoms with Gasteiger partial charge in [0.2, 0.25) is 0 Å². The van der Waals surface area contributed by atoms with Gasteiger partial charge in [-0.3, -0.25) is 0 Å². The van der Waals surface area contributed by atoms with Gasteiger partial charge in [0.15, 0.2) is 0 Å². The highest BCUT2D eigenvalue weighted by molar-refractivity contribution is 5.17. The maximum Gasteiger partial charge on any atom is -0.0205 e. The van der Waals surface area contributed by atoms with Gasteiger partial charge >= 0.3 is 0 Å². The first-order valence-electron chi connectivity index (χ1n) is 8.12. The minimum Gasteiger partial charge on any atom is -0.0648 e. The molecule has 96 valence electrons. The summed E-state index contributed by atoms with van der Waals surface area (Å²) in [5.41, 5.74) is 2.35. The zero-order chi connectivity index (χ0) is 11.7. The van der Waals surface area contributed by atoms with Crippen LogP contribution in [0.1, 0.15) is 78.1 Å². The standard InChI is InChI=1S/C17H28/c1-3-16-7-4-5-14-6-8-15(2)9-13(10-16)11-17(14,16)12-15/h13-14H,3-12H2,1-2H3. The Balaban J connectivity index is 1.85. The van der Waals surface area contributed by atoms with Crippen molar-refractivity contribution in [3.63, 3.8) is 0 Å². The average molecular weight is 232 g/mol. The SMILES string of the molecule is CCC12CCCC3CCC4(C)CC(C1)CC32C4. The third-order valence-electron chi connectivity index (χ3n) is 7.67. The van der Waals surface area contributed by atoms with Crippen molar-refractivity contribution in [1.82, 2.24) is 0 Å². The predicted molar refractivity (Wildman–Crippen MR) is 71.8 cm³/mol. The fourth-order valence-corrected chi connectivity index (χ4v) is 7.36. The molecule has 4 aliphatic rings. The molecule has 0 aromatic carbocycles. The number of hydrogen-bond acceptors (Lipinski definition) is 0. The molecule has 0 aromatic rings. The van der Waals surface area contributed by atoms with E-state index < -0.39 is 0 Å². The summed E-state index contributed by atoms with van der Waals surface area (Å²) in [7, 11) is 0. The van der Waals surface area contributed by atoms with Crippen LogP contribution in [0.4, 0.5) is 0 Å². The Morgan fingerprint density at radius 2 is 1.94 bits per heavy atom. The molecule has 0 heterocycles. The van der Waals surface area contributed by atoms with Crippen LogP contribution in [0.15, 0.2) is 0 Å². The van der Waals surface area contributed by atoms with Gasteiger partial charge in [-0.05, 0) is 85.9 Å². The lowest BCUT2D eigenvalue weighted by Gasteiger charge is -2.61. The van der Waals surface area contributed by atoms with E-state index in [0.717, 1.165) is 28.1 Å². The Morgan fingerprint density at radius 3 is 2.76 bits per heavy atom. The summed E-state index contributed by atoms with van der Waals surface area (Å²) in [6, 6.07) is 0. The predicted octanol–water partition coefficient (Wildman–Crippen LogP) is 5.17. The monoisotopic (exact) mass is 232 g/mol. The first kappa shape index (κ1) is 10.9. The first-order valence-corrected chi connectivity index (χ1v) is 8.12. The number of fused-ring (bicyclic) bond motifs is 2. The smallest absolute Gasteiger partial charge is 0.0205 e. The summed E-state index contributed by atoms with van der Waals surface area (Å²) < 4.78 is 0.